The Kier molecular flexibility index (Phi) is 8.67. The van der Waals surface area contributed by atoms with Crippen LogP contribution >= 0.6 is 35.0 Å². The highest BCUT2D eigenvalue weighted by Gasteiger charge is 2.16. The predicted octanol–water partition coefficient (Wildman–Crippen LogP) is 4.87. The molecule has 0 aliphatic carbocycles. The highest BCUT2D eigenvalue weighted by Crippen LogP contribution is 2.30. The van der Waals surface area contributed by atoms with E-state index in [1.807, 2.05) is 23.6 Å². The molecule has 1 atom stereocenters. The van der Waals surface area contributed by atoms with Crippen LogP contribution in [0.25, 0.3) is 0 Å². The molecule has 1 heterocycles. The van der Waals surface area contributed by atoms with Gasteiger partial charge in [-0.1, -0.05) is 60.5 Å². The van der Waals surface area contributed by atoms with Gasteiger partial charge in [0.25, 0.3) is 0 Å². The van der Waals surface area contributed by atoms with Crippen molar-refractivity contribution in [1.82, 2.24) is 20.1 Å². The molecule has 0 radical (unpaired) electrons. The minimum absolute atomic E-state index is 0.0444. The molecule has 0 aliphatic heterocycles. The summed E-state index contributed by atoms with van der Waals surface area (Å²) in [7, 11) is 0. The maximum Gasteiger partial charge on any atom is 0.230 e. The van der Waals surface area contributed by atoms with E-state index in [1.54, 1.807) is 12.1 Å². The minimum Gasteiger partial charge on any atom is -0.355 e. The molecule has 1 unspecified atom stereocenters. The summed E-state index contributed by atoms with van der Waals surface area (Å²) < 4.78 is 1.93. The lowest BCUT2D eigenvalue weighted by atomic mass is 9.94. The zero-order valence-electron chi connectivity index (χ0n) is 15.5. The van der Waals surface area contributed by atoms with Crippen molar-refractivity contribution in [2.45, 2.75) is 44.3 Å². The van der Waals surface area contributed by atoms with Crippen LogP contribution in [0.1, 0.15) is 37.1 Å². The number of rotatable bonds is 10. The molecule has 1 amide bonds. The quantitative estimate of drug-likeness (QED) is 0.434. The van der Waals surface area contributed by atoms with E-state index in [9.17, 15) is 4.79 Å². The third kappa shape index (κ3) is 6.26. The summed E-state index contributed by atoms with van der Waals surface area (Å²) in [4.78, 5) is 12.3. The van der Waals surface area contributed by atoms with Crippen molar-refractivity contribution in [1.29, 1.82) is 0 Å². The van der Waals surface area contributed by atoms with Crippen LogP contribution in [-0.4, -0.2) is 33.0 Å². The van der Waals surface area contributed by atoms with Gasteiger partial charge in [0.15, 0.2) is 5.16 Å². The molecule has 0 saturated heterocycles. The van der Waals surface area contributed by atoms with Gasteiger partial charge in [0.05, 0.1) is 5.75 Å². The summed E-state index contributed by atoms with van der Waals surface area (Å²) in [6.07, 6.45) is 3.71. The fourth-order valence-corrected chi connectivity index (χ4v) is 4.16. The van der Waals surface area contributed by atoms with E-state index < -0.39 is 0 Å². The number of aryl methyl sites for hydroxylation is 1. The van der Waals surface area contributed by atoms with Crippen molar-refractivity contribution >= 4 is 40.9 Å². The number of carbonyl (C=O) groups is 1. The lowest BCUT2D eigenvalue weighted by Gasteiger charge is -2.19. The number of amides is 1. The van der Waals surface area contributed by atoms with Crippen molar-refractivity contribution in [2.24, 2.45) is 0 Å². The van der Waals surface area contributed by atoms with Gasteiger partial charge in [-0.25, -0.2) is 0 Å². The molecule has 0 aliphatic rings. The summed E-state index contributed by atoms with van der Waals surface area (Å²) in [6, 6.07) is 5.51. The maximum atomic E-state index is 12.3. The minimum atomic E-state index is -0.0444. The lowest BCUT2D eigenvalue weighted by molar-refractivity contribution is -0.118. The van der Waals surface area contributed by atoms with Gasteiger partial charge in [0, 0.05) is 29.1 Å². The molecular formula is C19H24Cl2N4OS. The fourth-order valence-electron chi connectivity index (χ4n) is 2.77. The number of allylic oxidation sites excluding steroid dienone is 1. The Morgan fingerprint density at radius 2 is 2.19 bits per heavy atom. The van der Waals surface area contributed by atoms with Gasteiger partial charge in [-0.3, -0.25) is 4.79 Å². The van der Waals surface area contributed by atoms with Gasteiger partial charge < -0.3 is 9.88 Å². The summed E-state index contributed by atoms with van der Waals surface area (Å²) in [6.45, 7) is 8.89. The van der Waals surface area contributed by atoms with Gasteiger partial charge in [0.2, 0.25) is 5.91 Å². The molecule has 2 rings (SSSR count). The number of halogens is 2. The molecule has 1 N–H and O–H groups in total. The number of thioether (sulfide) groups is 1. The Balaban J connectivity index is 1.93. The van der Waals surface area contributed by atoms with Gasteiger partial charge in [-0.05, 0) is 31.0 Å². The van der Waals surface area contributed by atoms with E-state index in [0.717, 1.165) is 24.2 Å². The van der Waals surface area contributed by atoms with E-state index >= 15 is 0 Å². The van der Waals surface area contributed by atoms with Crippen molar-refractivity contribution in [3.63, 3.8) is 0 Å². The number of aromatic nitrogens is 3. The molecule has 5 nitrogen and oxygen atoms in total. The Hall–Kier alpha value is -1.50. The first kappa shape index (κ1) is 21.8. The van der Waals surface area contributed by atoms with Crippen LogP contribution in [0, 0.1) is 6.92 Å². The molecule has 1 aromatic heterocycles. The second kappa shape index (κ2) is 10.7. The molecule has 146 valence electrons. The van der Waals surface area contributed by atoms with Crippen molar-refractivity contribution < 1.29 is 4.79 Å². The van der Waals surface area contributed by atoms with E-state index in [1.165, 1.54) is 11.8 Å². The smallest absolute Gasteiger partial charge is 0.230 e. The monoisotopic (exact) mass is 426 g/mol. The molecule has 1 aromatic carbocycles. The van der Waals surface area contributed by atoms with Crippen LogP contribution in [0.15, 0.2) is 36.0 Å². The first-order chi connectivity index (χ1) is 13.0. The van der Waals surface area contributed by atoms with E-state index in [-0.39, 0.29) is 17.6 Å². The normalized spacial score (nSPS) is 12.0. The first-order valence-corrected chi connectivity index (χ1v) is 10.6. The summed E-state index contributed by atoms with van der Waals surface area (Å²) in [5.74, 6) is 1.19. The van der Waals surface area contributed by atoms with Crippen molar-refractivity contribution in [3.05, 3.63) is 52.3 Å². The molecule has 27 heavy (non-hydrogen) atoms. The summed E-state index contributed by atoms with van der Waals surface area (Å²) in [5.41, 5.74) is 1.01. The van der Waals surface area contributed by atoms with Gasteiger partial charge in [-0.2, -0.15) is 0 Å². The van der Waals surface area contributed by atoms with Crippen molar-refractivity contribution in [3.8, 4) is 0 Å². The second-order valence-electron chi connectivity index (χ2n) is 6.17. The van der Waals surface area contributed by atoms with Crippen LogP contribution in [0.4, 0.5) is 0 Å². The Morgan fingerprint density at radius 1 is 1.41 bits per heavy atom. The third-order valence-electron chi connectivity index (χ3n) is 4.13. The zero-order chi connectivity index (χ0) is 19.8. The van der Waals surface area contributed by atoms with E-state index in [2.05, 4.69) is 29.0 Å². The van der Waals surface area contributed by atoms with Gasteiger partial charge >= 0.3 is 0 Å². The topological polar surface area (TPSA) is 59.8 Å². The molecule has 0 bridgehead atoms. The van der Waals surface area contributed by atoms with Crippen LogP contribution in [-0.2, 0) is 11.3 Å². The highest BCUT2D eigenvalue weighted by atomic mass is 35.5. The van der Waals surface area contributed by atoms with E-state index in [0.29, 0.717) is 28.3 Å². The molecular weight excluding hydrogens is 403 g/mol. The second-order valence-corrected chi connectivity index (χ2v) is 7.96. The number of nitrogens with zero attached hydrogens (tertiary/aromatic N) is 3. The average molecular weight is 427 g/mol. The Bertz CT molecular complexity index is 794. The molecule has 0 fully saturated rings. The Labute approximate surface area is 174 Å². The molecule has 8 heteroatoms. The van der Waals surface area contributed by atoms with E-state index in [4.69, 9.17) is 23.2 Å². The maximum absolute atomic E-state index is 12.3. The molecule has 2 aromatic rings. The number of carbonyl (C=O) groups excluding carboxylic acids is 1. The first-order valence-electron chi connectivity index (χ1n) is 8.81. The van der Waals surface area contributed by atoms with Crippen LogP contribution in [0.2, 0.25) is 10.0 Å². The zero-order valence-corrected chi connectivity index (χ0v) is 17.9. The van der Waals surface area contributed by atoms with Crippen LogP contribution < -0.4 is 5.32 Å². The third-order valence-corrected chi connectivity index (χ3v) is 5.66. The standard InChI is InChI=1S/C19H24Cl2N4OS/c1-4-6-14(16-8-7-15(20)10-17(16)21)11-22-18(26)12-27-19-24-23-13(3)25(19)9-5-2/h5,7-8,10,14H,2,4,6,9,11-12H2,1,3H3,(H,22,26). The number of hydrogen-bond acceptors (Lipinski definition) is 4. The fraction of sp³-hybridized carbons (Fsp3) is 0.421. The van der Waals surface area contributed by atoms with Crippen LogP contribution in [0.3, 0.4) is 0 Å². The lowest BCUT2D eigenvalue weighted by Crippen LogP contribution is -2.30. The largest absolute Gasteiger partial charge is 0.355 e. The Morgan fingerprint density at radius 3 is 2.85 bits per heavy atom. The molecule has 0 spiro atoms. The average Bonchev–Trinajstić information content (AvgIpc) is 2.98. The molecule has 0 saturated carbocycles. The summed E-state index contributed by atoms with van der Waals surface area (Å²) >= 11 is 13.7. The number of benzene rings is 1. The number of nitrogens with one attached hydrogen (secondary N) is 1. The number of hydrogen-bond donors (Lipinski definition) is 1. The van der Waals surface area contributed by atoms with Crippen LogP contribution in [0.5, 0.6) is 0 Å². The summed E-state index contributed by atoms with van der Waals surface area (Å²) in [5, 5.41) is 13.1. The SMILES string of the molecule is C=CCn1c(C)nnc1SCC(=O)NCC(CCC)c1ccc(Cl)cc1Cl. The highest BCUT2D eigenvalue weighted by molar-refractivity contribution is 7.99. The predicted molar refractivity (Wildman–Crippen MR) is 113 cm³/mol. The van der Waals surface area contributed by atoms with Gasteiger partial charge in [0.1, 0.15) is 5.82 Å². The van der Waals surface area contributed by atoms with Gasteiger partial charge in [-0.15, -0.1) is 16.8 Å². The van der Waals surface area contributed by atoms with Crippen molar-refractivity contribution in [2.75, 3.05) is 12.3 Å².